The molecule has 3 heteroatoms. The maximum absolute atomic E-state index is 5.91. The molecule has 0 aliphatic carbocycles. The molecule has 3 rings (SSSR count). The van der Waals surface area contributed by atoms with Gasteiger partial charge in [0.05, 0.1) is 6.04 Å². The Kier molecular flexibility index (Phi) is 3.45. The van der Waals surface area contributed by atoms with Crippen LogP contribution < -0.4 is 10.1 Å². The first kappa shape index (κ1) is 12.5. The fraction of sp³-hybridized carbons (Fsp3) is 0.250. The third kappa shape index (κ3) is 2.60. The highest BCUT2D eigenvalue weighted by molar-refractivity contribution is 6.30. The average molecular weight is 274 g/mol. The molecule has 0 fully saturated rings. The topological polar surface area (TPSA) is 21.3 Å². The molecule has 0 saturated heterocycles. The van der Waals surface area contributed by atoms with E-state index in [2.05, 4.69) is 36.5 Å². The van der Waals surface area contributed by atoms with Crippen LogP contribution in [-0.4, -0.2) is 6.61 Å². The van der Waals surface area contributed by atoms with Crippen molar-refractivity contribution in [3.8, 4) is 5.75 Å². The van der Waals surface area contributed by atoms with E-state index in [1.165, 1.54) is 11.1 Å². The molecular weight excluding hydrogens is 258 g/mol. The largest absolute Gasteiger partial charge is 0.491 e. The third-order valence-corrected chi connectivity index (χ3v) is 3.77. The number of halogens is 1. The van der Waals surface area contributed by atoms with Crippen LogP contribution in [0.3, 0.4) is 0 Å². The fourth-order valence-electron chi connectivity index (χ4n) is 2.45. The normalized spacial score (nSPS) is 18.7. The molecule has 1 aliphatic heterocycles. The Bertz CT molecular complexity index is 567. The Morgan fingerprint density at radius 2 is 1.89 bits per heavy atom. The van der Waals surface area contributed by atoms with Gasteiger partial charge in [-0.1, -0.05) is 41.9 Å². The molecule has 2 aromatic carbocycles. The minimum atomic E-state index is 0.252. The average Bonchev–Trinajstić information content (AvgIpc) is 2.83. The van der Waals surface area contributed by atoms with E-state index in [4.69, 9.17) is 16.3 Å². The van der Waals surface area contributed by atoms with Gasteiger partial charge in [0, 0.05) is 16.6 Å². The zero-order valence-corrected chi connectivity index (χ0v) is 11.5. The highest BCUT2D eigenvalue weighted by Crippen LogP contribution is 2.33. The Balaban J connectivity index is 1.74. The maximum atomic E-state index is 5.91. The molecule has 1 N–H and O–H groups in total. The van der Waals surface area contributed by atoms with Crippen LogP contribution in [0, 0.1) is 0 Å². The van der Waals surface area contributed by atoms with E-state index in [0.717, 1.165) is 10.8 Å². The predicted octanol–water partition coefficient (Wildman–Crippen LogP) is 4.12. The summed E-state index contributed by atoms with van der Waals surface area (Å²) in [6.45, 7) is 2.85. The number of fused-ring (bicyclic) bond motifs is 1. The van der Waals surface area contributed by atoms with Crippen LogP contribution in [0.15, 0.2) is 48.5 Å². The molecule has 98 valence electrons. The van der Waals surface area contributed by atoms with Gasteiger partial charge < -0.3 is 10.1 Å². The van der Waals surface area contributed by atoms with Crippen molar-refractivity contribution in [2.24, 2.45) is 0 Å². The minimum absolute atomic E-state index is 0.252. The fourth-order valence-corrected chi connectivity index (χ4v) is 2.58. The van der Waals surface area contributed by atoms with Crippen molar-refractivity contribution >= 4 is 11.6 Å². The van der Waals surface area contributed by atoms with Crippen LogP contribution in [0.4, 0.5) is 0 Å². The molecule has 2 atom stereocenters. The number of hydrogen-bond acceptors (Lipinski definition) is 2. The van der Waals surface area contributed by atoms with Gasteiger partial charge in [-0.15, -0.1) is 0 Å². The second kappa shape index (κ2) is 5.24. The number of benzene rings is 2. The van der Waals surface area contributed by atoms with E-state index < -0.39 is 0 Å². The highest BCUT2D eigenvalue weighted by Gasteiger charge is 2.24. The molecule has 19 heavy (non-hydrogen) atoms. The van der Waals surface area contributed by atoms with Gasteiger partial charge in [0.1, 0.15) is 12.4 Å². The van der Waals surface area contributed by atoms with Gasteiger partial charge in [-0.2, -0.15) is 0 Å². The Hall–Kier alpha value is -1.51. The molecule has 0 amide bonds. The van der Waals surface area contributed by atoms with Crippen molar-refractivity contribution in [3.63, 3.8) is 0 Å². The highest BCUT2D eigenvalue weighted by atomic mass is 35.5. The van der Waals surface area contributed by atoms with Gasteiger partial charge in [0.2, 0.25) is 0 Å². The van der Waals surface area contributed by atoms with Crippen LogP contribution in [0.5, 0.6) is 5.75 Å². The molecule has 1 heterocycles. The molecular formula is C16H16ClNO. The van der Waals surface area contributed by atoms with Crippen LogP contribution in [0.25, 0.3) is 0 Å². The summed E-state index contributed by atoms with van der Waals surface area (Å²) in [5.41, 5.74) is 2.47. The molecule has 2 nitrogen and oxygen atoms in total. The van der Waals surface area contributed by atoms with E-state index >= 15 is 0 Å². The second-order valence-electron chi connectivity index (χ2n) is 4.84. The summed E-state index contributed by atoms with van der Waals surface area (Å²) in [4.78, 5) is 0. The second-order valence-corrected chi connectivity index (χ2v) is 5.28. The van der Waals surface area contributed by atoms with Gasteiger partial charge in [0.15, 0.2) is 0 Å². The minimum Gasteiger partial charge on any atom is -0.491 e. The smallest absolute Gasteiger partial charge is 0.124 e. The van der Waals surface area contributed by atoms with Crippen molar-refractivity contribution in [2.75, 3.05) is 6.61 Å². The zero-order valence-electron chi connectivity index (χ0n) is 10.8. The van der Waals surface area contributed by atoms with Gasteiger partial charge >= 0.3 is 0 Å². The molecule has 0 radical (unpaired) electrons. The van der Waals surface area contributed by atoms with E-state index in [1.807, 2.05) is 24.3 Å². The molecule has 0 spiro atoms. The first-order valence-electron chi connectivity index (χ1n) is 6.47. The van der Waals surface area contributed by atoms with E-state index in [0.29, 0.717) is 6.61 Å². The van der Waals surface area contributed by atoms with Crippen LogP contribution >= 0.6 is 11.6 Å². The van der Waals surface area contributed by atoms with Gasteiger partial charge in [-0.05, 0) is 30.7 Å². The van der Waals surface area contributed by atoms with Crippen molar-refractivity contribution in [3.05, 3.63) is 64.7 Å². The monoisotopic (exact) mass is 273 g/mol. The summed E-state index contributed by atoms with van der Waals surface area (Å²) in [5, 5.41) is 4.37. The molecule has 0 aromatic heterocycles. The molecule has 2 aromatic rings. The van der Waals surface area contributed by atoms with E-state index in [9.17, 15) is 0 Å². The summed E-state index contributed by atoms with van der Waals surface area (Å²) in [6, 6.07) is 16.7. The summed E-state index contributed by atoms with van der Waals surface area (Å²) >= 11 is 5.91. The number of ether oxygens (including phenoxy) is 1. The van der Waals surface area contributed by atoms with Crippen LogP contribution in [0.2, 0.25) is 5.02 Å². The van der Waals surface area contributed by atoms with Crippen LogP contribution in [-0.2, 0) is 0 Å². The predicted molar refractivity (Wildman–Crippen MR) is 77.7 cm³/mol. The maximum Gasteiger partial charge on any atom is 0.124 e. The number of rotatable bonds is 3. The standard InChI is InChI=1S/C16H16ClNO/c1-11(12-6-8-13(17)9-7-12)18-15-10-19-16-5-3-2-4-14(15)16/h2-9,11,15,18H,10H2,1H3. The first-order chi connectivity index (χ1) is 9.24. The van der Waals surface area contributed by atoms with Crippen molar-refractivity contribution in [1.82, 2.24) is 5.32 Å². The number of nitrogens with one attached hydrogen (secondary N) is 1. The van der Waals surface area contributed by atoms with Gasteiger partial charge in [-0.25, -0.2) is 0 Å². The zero-order chi connectivity index (χ0) is 13.2. The lowest BCUT2D eigenvalue weighted by molar-refractivity contribution is 0.301. The van der Waals surface area contributed by atoms with Gasteiger partial charge in [-0.3, -0.25) is 0 Å². The van der Waals surface area contributed by atoms with Gasteiger partial charge in [0.25, 0.3) is 0 Å². The third-order valence-electron chi connectivity index (χ3n) is 3.52. The lowest BCUT2D eigenvalue weighted by Crippen LogP contribution is -2.25. The molecule has 2 unspecified atom stereocenters. The Labute approximate surface area is 118 Å². The van der Waals surface area contributed by atoms with E-state index in [-0.39, 0.29) is 12.1 Å². The van der Waals surface area contributed by atoms with Crippen molar-refractivity contribution in [1.29, 1.82) is 0 Å². The lowest BCUT2D eigenvalue weighted by Gasteiger charge is -2.19. The number of hydrogen-bond donors (Lipinski definition) is 1. The lowest BCUT2D eigenvalue weighted by atomic mass is 10.0. The summed E-state index contributed by atoms with van der Waals surface area (Å²) < 4.78 is 5.68. The quantitative estimate of drug-likeness (QED) is 0.908. The van der Waals surface area contributed by atoms with Crippen molar-refractivity contribution < 1.29 is 4.74 Å². The van der Waals surface area contributed by atoms with Crippen molar-refractivity contribution in [2.45, 2.75) is 19.0 Å². The summed E-state index contributed by atoms with van der Waals surface area (Å²) in [6.07, 6.45) is 0. The summed E-state index contributed by atoms with van der Waals surface area (Å²) in [5.74, 6) is 0.989. The Morgan fingerprint density at radius 3 is 2.68 bits per heavy atom. The van der Waals surface area contributed by atoms with E-state index in [1.54, 1.807) is 0 Å². The molecule has 1 aliphatic rings. The Morgan fingerprint density at radius 1 is 1.16 bits per heavy atom. The summed E-state index contributed by atoms with van der Waals surface area (Å²) in [7, 11) is 0. The molecule has 0 saturated carbocycles. The van der Waals surface area contributed by atoms with Crippen LogP contribution in [0.1, 0.15) is 30.1 Å². The SMILES string of the molecule is CC(NC1COc2ccccc21)c1ccc(Cl)cc1. The first-order valence-corrected chi connectivity index (χ1v) is 6.85. The number of para-hydroxylation sites is 1. The molecule has 0 bridgehead atoms.